The first-order valence-electron chi connectivity index (χ1n) is 14.0. The summed E-state index contributed by atoms with van der Waals surface area (Å²) in [6.45, 7) is 0. The average molecular weight is 656 g/mol. The van der Waals surface area contributed by atoms with Crippen molar-refractivity contribution in [2.45, 2.75) is 0 Å². The van der Waals surface area contributed by atoms with Crippen LogP contribution in [0.15, 0.2) is 182 Å². The largest absolute Gasteiger partial charge is 1.00 e. The maximum Gasteiger partial charge on any atom is 0.122 e. The molecule has 0 amide bonds. The van der Waals surface area contributed by atoms with Gasteiger partial charge in [0, 0.05) is 0 Å². The quantitative estimate of drug-likeness (QED) is 0.203. The number of benzene rings is 6. The van der Waals surface area contributed by atoms with E-state index >= 15 is 0 Å². The Kier molecular flexibility index (Phi) is 12.1. The predicted octanol–water partition coefficient (Wildman–Crippen LogP) is 1.63. The molecule has 0 aromatic heterocycles. The Hall–Kier alpha value is -2.89. The monoisotopic (exact) mass is 654 g/mol. The van der Waals surface area contributed by atoms with Crippen LogP contribution in [-0.4, -0.2) is 11.0 Å². The van der Waals surface area contributed by atoms with Crippen LogP contribution in [0.4, 0.5) is 0 Å². The molecule has 0 aliphatic carbocycles. The topological polar surface area (TPSA) is 0 Å². The second-order valence-electron chi connectivity index (χ2n) is 10.1. The van der Waals surface area contributed by atoms with Crippen molar-refractivity contribution in [3.05, 3.63) is 182 Å². The standard InChI is InChI=1S/C38H34P2S.2ClH/c1-7-19-33(20-8-1)39(34-21-9-2-10-22-34,35-23-11-3-12-24-35)31-41-32-40(36-25-13-4-14-26-36,37-27-15-5-16-28-37)38-29-17-6-18-30-38;;/h1-30H,31-32H2;2*1H/q+2;;/p-2. The van der Waals surface area contributed by atoms with Crippen LogP contribution in [0.5, 0.6) is 0 Å². The van der Waals surface area contributed by atoms with E-state index in [2.05, 4.69) is 194 Å². The SMILES string of the molecule is [Cl-].[Cl-].c1ccc([P+](CSC[P+](c2ccccc2)(c2ccccc2)c2ccccc2)(c2ccccc2)c2ccccc2)cc1. The lowest BCUT2D eigenvalue weighted by Gasteiger charge is -2.30. The van der Waals surface area contributed by atoms with Gasteiger partial charge in [0.15, 0.2) is 0 Å². The zero-order chi connectivity index (χ0) is 27.8. The second kappa shape index (κ2) is 15.7. The van der Waals surface area contributed by atoms with Crippen LogP contribution < -0.4 is 56.6 Å². The summed E-state index contributed by atoms with van der Waals surface area (Å²) in [4.78, 5) is 0. The lowest BCUT2D eigenvalue weighted by atomic mass is 10.4. The van der Waals surface area contributed by atoms with Crippen molar-refractivity contribution in [1.82, 2.24) is 0 Å². The molecule has 0 nitrogen and oxygen atoms in total. The molecular weight excluding hydrogens is 621 g/mol. The van der Waals surface area contributed by atoms with Crippen molar-refractivity contribution in [3.8, 4) is 0 Å². The van der Waals surface area contributed by atoms with Crippen LogP contribution in [0.3, 0.4) is 0 Å². The van der Waals surface area contributed by atoms with Crippen molar-refractivity contribution in [2.24, 2.45) is 0 Å². The van der Waals surface area contributed by atoms with Crippen molar-refractivity contribution >= 4 is 58.1 Å². The van der Waals surface area contributed by atoms with E-state index in [1.165, 1.54) is 31.8 Å². The first-order chi connectivity index (χ1) is 20.3. The molecule has 0 saturated heterocycles. The minimum Gasteiger partial charge on any atom is -1.00 e. The van der Waals surface area contributed by atoms with Crippen LogP contribution >= 0.6 is 26.3 Å². The molecule has 0 heterocycles. The first-order valence-corrected chi connectivity index (χ1v) is 19.1. The lowest BCUT2D eigenvalue weighted by Crippen LogP contribution is -3.00. The second-order valence-corrected chi connectivity index (χ2v) is 18.9. The summed E-state index contributed by atoms with van der Waals surface area (Å²) in [6, 6.07) is 67.5. The summed E-state index contributed by atoms with van der Waals surface area (Å²) < 4.78 is 0. The Balaban J connectivity index is 0.00000212. The van der Waals surface area contributed by atoms with E-state index in [4.69, 9.17) is 0 Å². The van der Waals surface area contributed by atoms with E-state index in [0.29, 0.717) is 0 Å². The molecule has 0 saturated carbocycles. The summed E-state index contributed by atoms with van der Waals surface area (Å²) in [6.07, 6.45) is 0. The third kappa shape index (κ3) is 6.78. The Morgan fingerprint density at radius 2 is 0.442 bits per heavy atom. The maximum atomic E-state index is 2.35. The fourth-order valence-electron chi connectivity index (χ4n) is 5.75. The molecule has 6 aromatic carbocycles. The molecule has 0 N–H and O–H groups in total. The third-order valence-electron chi connectivity index (χ3n) is 7.75. The normalized spacial score (nSPS) is 11.2. The van der Waals surface area contributed by atoms with Crippen molar-refractivity contribution in [2.75, 3.05) is 11.0 Å². The predicted molar refractivity (Wildman–Crippen MR) is 188 cm³/mol. The molecule has 6 rings (SSSR count). The number of hydrogen-bond donors (Lipinski definition) is 0. The summed E-state index contributed by atoms with van der Waals surface area (Å²) in [7, 11) is -3.87. The highest BCUT2D eigenvalue weighted by atomic mass is 35.5. The number of thioether (sulfide) groups is 1. The molecule has 0 radical (unpaired) electrons. The first kappa shape index (κ1) is 33.0. The molecular formula is C38H34Cl2P2S. The molecule has 0 aliphatic heterocycles. The highest BCUT2D eigenvalue weighted by molar-refractivity contribution is 8.19. The van der Waals surface area contributed by atoms with E-state index in [1.807, 2.05) is 0 Å². The number of halogens is 2. The highest BCUT2D eigenvalue weighted by Crippen LogP contribution is 2.63. The highest BCUT2D eigenvalue weighted by Gasteiger charge is 2.49. The summed E-state index contributed by atoms with van der Waals surface area (Å²) >= 11 is 2.13. The maximum absolute atomic E-state index is 2.35. The fourth-order valence-corrected chi connectivity index (χ4v) is 18.5. The van der Waals surface area contributed by atoms with Crippen LogP contribution in [0.2, 0.25) is 0 Å². The lowest BCUT2D eigenvalue weighted by molar-refractivity contribution is -0.00100. The van der Waals surface area contributed by atoms with Gasteiger partial charge in [0.1, 0.15) is 57.3 Å². The van der Waals surface area contributed by atoms with E-state index < -0.39 is 14.5 Å². The molecule has 6 aromatic rings. The smallest absolute Gasteiger partial charge is 0.122 e. The van der Waals surface area contributed by atoms with Gasteiger partial charge in [-0.3, -0.25) is 0 Å². The van der Waals surface area contributed by atoms with Crippen LogP contribution in [0.1, 0.15) is 0 Å². The third-order valence-corrected chi connectivity index (χ3v) is 19.4. The van der Waals surface area contributed by atoms with Crippen molar-refractivity contribution in [1.29, 1.82) is 0 Å². The van der Waals surface area contributed by atoms with Gasteiger partial charge in [0.25, 0.3) is 0 Å². The van der Waals surface area contributed by atoms with Gasteiger partial charge >= 0.3 is 0 Å². The zero-order valence-electron chi connectivity index (χ0n) is 23.8. The number of rotatable bonds is 10. The fraction of sp³-hybridized carbons (Fsp3) is 0.0526. The van der Waals surface area contributed by atoms with Gasteiger partial charge in [-0.25, -0.2) is 0 Å². The summed E-state index contributed by atoms with van der Waals surface area (Å²) in [5.74, 6) is 0. The van der Waals surface area contributed by atoms with Crippen LogP contribution in [0, 0.1) is 0 Å². The van der Waals surface area contributed by atoms with Gasteiger partial charge in [-0.15, -0.1) is 0 Å². The Morgan fingerprint density at radius 1 is 0.279 bits per heavy atom. The average Bonchev–Trinajstić information content (AvgIpc) is 3.08. The van der Waals surface area contributed by atoms with Gasteiger partial charge in [0.05, 0.1) is 0 Å². The Labute approximate surface area is 274 Å². The van der Waals surface area contributed by atoms with E-state index in [1.54, 1.807) is 0 Å². The molecule has 0 atom stereocenters. The zero-order valence-corrected chi connectivity index (χ0v) is 27.9. The van der Waals surface area contributed by atoms with Crippen LogP contribution in [-0.2, 0) is 0 Å². The van der Waals surface area contributed by atoms with Gasteiger partial charge < -0.3 is 24.8 Å². The van der Waals surface area contributed by atoms with E-state index in [0.717, 1.165) is 11.0 Å². The molecule has 5 heteroatoms. The van der Waals surface area contributed by atoms with Crippen LogP contribution in [0.25, 0.3) is 0 Å². The van der Waals surface area contributed by atoms with Gasteiger partial charge in [0.2, 0.25) is 0 Å². The molecule has 216 valence electrons. The minimum atomic E-state index is -1.93. The Morgan fingerprint density at radius 3 is 0.605 bits per heavy atom. The minimum absolute atomic E-state index is 0. The molecule has 0 fully saturated rings. The molecule has 0 aliphatic rings. The van der Waals surface area contributed by atoms with Gasteiger partial charge in [-0.05, 0) is 72.8 Å². The number of hydrogen-bond acceptors (Lipinski definition) is 1. The van der Waals surface area contributed by atoms with Gasteiger partial charge in [-0.1, -0.05) is 121 Å². The van der Waals surface area contributed by atoms with Crippen molar-refractivity contribution in [3.63, 3.8) is 0 Å². The molecule has 0 bridgehead atoms. The molecule has 0 unspecified atom stereocenters. The van der Waals surface area contributed by atoms with Gasteiger partial charge in [-0.2, -0.15) is 0 Å². The molecule has 0 spiro atoms. The van der Waals surface area contributed by atoms with E-state index in [9.17, 15) is 0 Å². The summed E-state index contributed by atoms with van der Waals surface area (Å²) in [5, 5.41) is 8.63. The van der Waals surface area contributed by atoms with E-state index in [-0.39, 0.29) is 24.8 Å². The molecule has 43 heavy (non-hydrogen) atoms. The summed E-state index contributed by atoms with van der Waals surface area (Å²) in [5.41, 5.74) is 2.08. The Bertz CT molecular complexity index is 1320. The van der Waals surface area contributed by atoms with Crippen molar-refractivity contribution < 1.29 is 24.8 Å².